The number of rotatable bonds is 3. The zero-order valence-electron chi connectivity index (χ0n) is 8.04. The first kappa shape index (κ1) is 14.8. The van der Waals surface area contributed by atoms with Crippen LogP contribution in [0, 0.1) is 13.7 Å². The number of aromatic nitrogens is 1. The molecule has 11 heteroatoms. The van der Waals surface area contributed by atoms with Crippen LogP contribution in [0.4, 0.5) is 27.6 Å². The maximum atomic E-state index is 12.6. The van der Waals surface area contributed by atoms with E-state index in [4.69, 9.17) is 0 Å². The van der Waals surface area contributed by atoms with E-state index >= 15 is 0 Å². The van der Waals surface area contributed by atoms with Gasteiger partial charge in [0.1, 0.15) is 3.57 Å². The van der Waals surface area contributed by atoms with Crippen molar-refractivity contribution in [3.8, 4) is 5.88 Å². The molecule has 1 aromatic heterocycles. The maximum Gasteiger partial charge on any atom is 0.574 e. The minimum Gasteiger partial charge on any atom is -0.387 e. The highest BCUT2D eigenvalue weighted by atomic mass is 127. The van der Waals surface area contributed by atoms with Crippen molar-refractivity contribution in [1.29, 1.82) is 0 Å². The molecule has 0 aromatic carbocycles. The SMILES string of the molecule is O=[N+]([O-])c1c(I)cnc(OC(F)(F)F)c1C(F)F. The number of ether oxygens (including phenoxy) is 1. The molecule has 5 nitrogen and oxygen atoms in total. The lowest BCUT2D eigenvalue weighted by Crippen LogP contribution is -2.19. The topological polar surface area (TPSA) is 65.3 Å². The summed E-state index contributed by atoms with van der Waals surface area (Å²) in [5.74, 6) is -1.52. The zero-order chi connectivity index (χ0) is 14.1. The van der Waals surface area contributed by atoms with Crippen LogP contribution < -0.4 is 4.74 Å². The van der Waals surface area contributed by atoms with E-state index in [1.54, 1.807) is 0 Å². The summed E-state index contributed by atoms with van der Waals surface area (Å²) in [6.45, 7) is 0. The molecule has 0 radical (unpaired) electrons. The van der Waals surface area contributed by atoms with Gasteiger partial charge in [-0.15, -0.1) is 13.2 Å². The summed E-state index contributed by atoms with van der Waals surface area (Å²) in [6, 6.07) is 0. The van der Waals surface area contributed by atoms with E-state index in [-0.39, 0.29) is 3.57 Å². The Morgan fingerprint density at radius 3 is 2.39 bits per heavy atom. The van der Waals surface area contributed by atoms with E-state index in [1.165, 1.54) is 22.6 Å². The predicted molar refractivity (Wildman–Crippen MR) is 55.2 cm³/mol. The molecule has 0 N–H and O–H groups in total. The molecular weight excluding hydrogens is 382 g/mol. The second kappa shape index (κ2) is 5.16. The molecule has 0 aliphatic heterocycles. The highest BCUT2D eigenvalue weighted by Gasteiger charge is 2.38. The second-order valence-corrected chi connectivity index (χ2v) is 3.94. The van der Waals surface area contributed by atoms with Crippen molar-refractivity contribution in [3.63, 3.8) is 0 Å². The van der Waals surface area contributed by atoms with E-state index in [9.17, 15) is 32.1 Å². The quantitative estimate of drug-likeness (QED) is 0.347. The number of alkyl halides is 5. The third kappa shape index (κ3) is 3.36. The van der Waals surface area contributed by atoms with Crippen LogP contribution in [0.15, 0.2) is 6.20 Å². The predicted octanol–water partition coefficient (Wildman–Crippen LogP) is 3.43. The van der Waals surface area contributed by atoms with Crippen molar-refractivity contribution in [2.75, 3.05) is 0 Å². The molecule has 0 aliphatic rings. The van der Waals surface area contributed by atoms with Gasteiger partial charge in [0.15, 0.2) is 5.56 Å². The van der Waals surface area contributed by atoms with E-state index in [2.05, 4.69) is 9.72 Å². The summed E-state index contributed by atoms with van der Waals surface area (Å²) in [7, 11) is 0. The van der Waals surface area contributed by atoms with Gasteiger partial charge in [0, 0.05) is 0 Å². The molecule has 18 heavy (non-hydrogen) atoms. The smallest absolute Gasteiger partial charge is 0.387 e. The average molecular weight is 384 g/mol. The van der Waals surface area contributed by atoms with Crippen LogP contribution in [0.25, 0.3) is 0 Å². The summed E-state index contributed by atoms with van der Waals surface area (Å²) in [4.78, 5) is 12.3. The van der Waals surface area contributed by atoms with Gasteiger partial charge in [-0.2, -0.15) is 0 Å². The maximum absolute atomic E-state index is 12.6. The molecule has 1 heterocycles. The van der Waals surface area contributed by atoms with Gasteiger partial charge in [0.2, 0.25) is 5.88 Å². The van der Waals surface area contributed by atoms with Crippen LogP contribution in [0.3, 0.4) is 0 Å². The molecule has 0 saturated heterocycles. The number of nitrogens with zero attached hydrogens (tertiary/aromatic N) is 2. The van der Waals surface area contributed by atoms with Crippen molar-refractivity contribution in [3.05, 3.63) is 25.4 Å². The zero-order valence-corrected chi connectivity index (χ0v) is 10.2. The first-order valence-corrected chi connectivity index (χ1v) is 5.08. The molecule has 1 rings (SSSR count). The summed E-state index contributed by atoms with van der Waals surface area (Å²) in [5.41, 5.74) is -2.65. The molecule has 0 fully saturated rings. The Bertz CT molecular complexity index is 479. The largest absolute Gasteiger partial charge is 0.574 e. The third-order valence-corrected chi connectivity index (χ3v) is 2.41. The monoisotopic (exact) mass is 384 g/mol. The Morgan fingerprint density at radius 2 is 2.00 bits per heavy atom. The lowest BCUT2D eigenvalue weighted by Gasteiger charge is -2.12. The van der Waals surface area contributed by atoms with Gasteiger partial charge < -0.3 is 4.74 Å². The van der Waals surface area contributed by atoms with Crippen molar-refractivity contribution in [2.24, 2.45) is 0 Å². The number of hydrogen-bond donors (Lipinski definition) is 0. The molecule has 0 bridgehead atoms. The van der Waals surface area contributed by atoms with E-state index in [1.807, 2.05) is 0 Å². The van der Waals surface area contributed by atoms with Crippen molar-refractivity contribution in [1.82, 2.24) is 4.98 Å². The fraction of sp³-hybridized carbons (Fsp3) is 0.286. The van der Waals surface area contributed by atoms with Crippen LogP contribution >= 0.6 is 22.6 Å². The second-order valence-electron chi connectivity index (χ2n) is 2.78. The molecule has 0 atom stereocenters. The van der Waals surface area contributed by atoms with Crippen molar-refractivity contribution >= 4 is 28.3 Å². The number of pyridine rings is 1. The molecule has 0 spiro atoms. The van der Waals surface area contributed by atoms with Crippen LogP contribution in [-0.2, 0) is 0 Å². The Labute approximate surface area is 109 Å². The van der Waals surface area contributed by atoms with Crippen molar-refractivity contribution < 1.29 is 31.6 Å². The highest BCUT2D eigenvalue weighted by Crippen LogP contribution is 2.39. The summed E-state index contributed by atoms with van der Waals surface area (Å²) in [5, 5.41) is 10.6. The summed E-state index contributed by atoms with van der Waals surface area (Å²) < 4.78 is 64.0. The molecule has 0 unspecified atom stereocenters. The molecular formula is C7H2F5IN2O3. The Morgan fingerprint density at radius 1 is 1.44 bits per heavy atom. The van der Waals surface area contributed by atoms with Gasteiger partial charge >= 0.3 is 6.36 Å². The highest BCUT2D eigenvalue weighted by molar-refractivity contribution is 14.1. The van der Waals surface area contributed by atoms with Crippen molar-refractivity contribution in [2.45, 2.75) is 12.8 Å². The minimum absolute atomic E-state index is 0.317. The third-order valence-electron chi connectivity index (χ3n) is 1.62. The number of nitro groups is 1. The van der Waals surface area contributed by atoms with Crippen LogP contribution in [0.5, 0.6) is 5.88 Å². The van der Waals surface area contributed by atoms with Gasteiger partial charge in [-0.05, 0) is 22.6 Å². The van der Waals surface area contributed by atoms with E-state index in [0.29, 0.717) is 6.20 Å². The van der Waals surface area contributed by atoms with Crippen LogP contribution in [0.1, 0.15) is 12.0 Å². The molecule has 0 saturated carbocycles. The fourth-order valence-electron chi connectivity index (χ4n) is 1.05. The van der Waals surface area contributed by atoms with Gasteiger partial charge in [-0.1, -0.05) is 0 Å². The number of halogens is 6. The average Bonchev–Trinajstić information content (AvgIpc) is 2.17. The first-order chi connectivity index (χ1) is 8.13. The van der Waals surface area contributed by atoms with Crippen LogP contribution in [0.2, 0.25) is 0 Å². The van der Waals surface area contributed by atoms with Gasteiger partial charge in [-0.25, -0.2) is 13.8 Å². The first-order valence-electron chi connectivity index (χ1n) is 4.00. The van der Waals surface area contributed by atoms with Gasteiger partial charge in [0.05, 0.1) is 11.1 Å². The Kier molecular flexibility index (Phi) is 4.24. The standard InChI is InChI=1S/C7H2F5IN2O3/c8-5(9)3-4(15(16)17)2(13)1-14-6(3)18-7(10,11)12/h1,5H. The lowest BCUT2D eigenvalue weighted by atomic mass is 10.2. The summed E-state index contributed by atoms with van der Waals surface area (Å²) in [6.07, 6.45) is -8.15. The van der Waals surface area contributed by atoms with E-state index < -0.39 is 34.8 Å². The Hall–Kier alpha value is -1.27. The Balaban J connectivity index is 3.44. The van der Waals surface area contributed by atoms with Gasteiger partial charge in [0.25, 0.3) is 12.1 Å². The molecule has 0 amide bonds. The summed E-state index contributed by atoms with van der Waals surface area (Å²) >= 11 is 1.31. The normalized spacial score (nSPS) is 11.7. The number of hydrogen-bond acceptors (Lipinski definition) is 4. The molecule has 100 valence electrons. The molecule has 1 aromatic rings. The lowest BCUT2D eigenvalue weighted by molar-refractivity contribution is -0.387. The van der Waals surface area contributed by atoms with E-state index in [0.717, 1.165) is 0 Å². The van der Waals surface area contributed by atoms with Crippen LogP contribution in [-0.4, -0.2) is 16.3 Å². The van der Waals surface area contributed by atoms with Gasteiger partial charge in [-0.3, -0.25) is 10.1 Å². The fourth-order valence-corrected chi connectivity index (χ4v) is 1.68. The minimum atomic E-state index is -5.27. The molecule has 0 aliphatic carbocycles.